The monoisotopic (exact) mass is 554 g/mol. The van der Waals surface area contributed by atoms with Crippen molar-refractivity contribution in [2.24, 2.45) is 0 Å². The van der Waals surface area contributed by atoms with Crippen LogP contribution in [0.4, 0.5) is 25.4 Å². The fourth-order valence-corrected chi connectivity index (χ4v) is 4.52. The molecule has 1 atom stereocenters. The van der Waals surface area contributed by atoms with Crippen molar-refractivity contribution >= 4 is 41.2 Å². The van der Waals surface area contributed by atoms with Crippen molar-refractivity contribution < 1.29 is 33.0 Å². The van der Waals surface area contributed by atoms with Crippen LogP contribution in [0, 0.1) is 5.82 Å². The molecule has 2 aromatic heterocycles. The van der Waals surface area contributed by atoms with E-state index in [-0.39, 0.29) is 31.2 Å². The molecule has 40 heavy (non-hydrogen) atoms. The van der Waals surface area contributed by atoms with Crippen LogP contribution in [0.2, 0.25) is 0 Å². The molecule has 0 radical (unpaired) electrons. The number of carbonyl (C=O) groups is 4. The molecule has 0 saturated carbocycles. The molecule has 14 nitrogen and oxygen atoms in total. The Morgan fingerprint density at radius 1 is 1.18 bits per heavy atom. The predicted molar refractivity (Wildman–Crippen MR) is 139 cm³/mol. The number of carbonyl (C=O) groups excluding carboxylic acids is 4. The van der Waals surface area contributed by atoms with E-state index in [9.17, 15) is 19.2 Å². The van der Waals surface area contributed by atoms with Crippen molar-refractivity contribution in [1.29, 1.82) is 0 Å². The van der Waals surface area contributed by atoms with Crippen LogP contribution in [0.5, 0.6) is 0 Å². The molecule has 4 heterocycles. The Balaban J connectivity index is 1.11. The molecule has 210 valence electrons. The largest absolute Gasteiger partial charge is 0.453 e. The normalized spacial score (nSPS) is 17.1. The molecule has 1 aromatic carbocycles. The van der Waals surface area contributed by atoms with Crippen LogP contribution in [0.25, 0.3) is 5.78 Å². The van der Waals surface area contributed by atoms with Crippen molar-refractivity contribution in [2.45, 2.75) is 6.10 Å². The lowest BCUT2D eigenvalue weighted by atomic mass is 10.2. The number of benzene rings is 1. The average Bonchev–Trinajstić information content (AvgIpc) is 3.58. The van der Waals surface area contributed by atoms with Crippen molar-refractivity contribution in [3.05, 3.63) is 54.4 Å². The summed E-state index contributed by atoms with van der Waals surface area (Å²) in [5.41, 5.74) is 0.838. The third-order valence-electron chi connectivity index (χ3n) is 6.62. The summed E-state index contributed by atoms with van der Waals surface area (Å²) in [6, 6.07) is 6.18. The second kappa shape index (κ2) is 11.4. The number of imidazole rings is 1. The number of cyclic esters (lactones) is 1. The number of aromatic nitrogens is 3. The first kappa shape index (κ1) is 26.6. The lowest BCUT2D eigenvalue weighted by Crippen LogP contribution is -2.51. The summed E-state index contributed by atoms with van der Waals surface area (Å²) >= 11 is 0. The zero-order chi connectivity index (χ0) is 28.2. The van der Waals surface area contributed by atoms with E-state index >= 15 is 4.39 Å². The average molecular weight is 555 g/mol. The van der Waals surface area contributed by atoms with Gasteiger partial charge in [0.1, 0.15) is 17.6 Å². The maximum absolute atomic E-state index is 15.1. The summed E-state index contributed by atoms with van der Waals surface area (Å²) in [5, 5.41) is 5.06. The van der Waals surface area contributed by atoms with Crippen LogP contribution in [0.15, 0.2) is 42.9 Å². The minimum absolute atomic E-state index is 0.0696. The Morgan fingerprint density at radius 3 is 2.70 bits per heavy atom. The highest BCUT2D eigenvalue weighted by Crippen LogP contribution is 2.28. The summed E-state index contributed by atoms with van der Waals surface area (Å²) < 4.78 is 26.4. The van der Waals surface area contributed by atoms with Gasteiger partial charge >= 0.3 is 12.2 Å². The van der Waals surface area contributed by atoms with E-state index in [1.165, 1.54) is 24.3 Å². The molecule has 2 aliphatic heterocycles. The topological polar surface area (TPSA) is 151 Å². The summed E-state index contributed by atoms with van der Waals surface area (Å²) in [7, 11) is 1.23. The zero-order valence-corrected chi connectivity index (χ0v) is 21.6. The maximum Gasteiger partial charge on any atom is 0.414 e. The third kappa shape index (κ3) is 5.72. The molecule has 0 spiro atoms. The Hall–Kier alpha value is -4.95. The molecule has 3 aromatic rings. The van der Waals surface area contributed by atoms with Crippen LogP contribution < -0.4 is 20.4 Å². The number of hydrogen-bond donors (Lipinski definition) is 2. The van der Waals surface area contributed by atoms with Crippen LogP contribution >= 0.6 is 0 Å². The van der Waals surface area contributed by atoms with E-state index in [0.29, 0.717) is 43.3 Å². The predicted octanol–water partition coefficient (Wildman–Crippen LogP) is 0.628. The highest BCUT2D eigenvalue weighted by Gasteiger charge is 2.33. The van der Waals surface area contributed by atoms with Gasteiger partial charge in [-0.3, -0.25) is 18.9 Å². The first-order chi connectivity index (χ1) is 19.3. The molecule has 2 saturated heterocycles. The minimum Gasteiger partial charge on any atom is -0.453 e. The van der Waals surface area contributed by atoms with Gasteiger partial charge in [-0.05, 0) is 24.3 Å². The quantitative estimate of drug-likeness (QED) is 0.429. The van der Waals surface area contributed by atoms with Gasteiger partial charge in [-0.15, -0.1) is 0 Å². The molecule has 0 aliphatic carbocycles. The molecule has 5 rings (SSSR count). The van der Waals surface area contributed by atoms with Crippen molar-refractivity contribution in [3.8, 4) is 0 Å². The summed E-state index contributed by atoms with van der Waals surface area (Å²) in [4.78, 5) is 61.5. The number of halogens is 1. The molecule has 4 amide bonds. The second-order valence-corrected chi connectivity index (χ2v) is 9.13. The number of rotatable bonds is 7. The standard InChI is InChI=1S/C25H27FN8O6/c1-39-24(37)29-12-17-14-34(25(38)40-17)16-3-4-20(18(26)11-16)31-7-9-32(10-8-31)21(35)13-28-22(36)19-15-33-6-2-5-27-23(33)30-19/h2-6,11,15,17H,7-10,12-14H2,1H3,(H,28,36)(H,29,37). The molecular weight excluding hydrogens is 527 g/mol. The summed E-state index contributed by atoms with van der Waals surface area (Å²) in [6.07, 6.45) is 2.95. The fourth-order valence-electron chi connectivity index (χ4n) is 4.52. The lowest BCUT2D eigenvalue weighted by Gasteiger charge is -2.36. The molecule has 1 unspecified atom stereocenters. The van der Waals surface area contributed by atoms with Gasteiger partial charge in [0.15, 0.2) is 0 Å². The fraction of sp³-hybridized carbons (Fsp3) is 0.360. The number of hydrogen-bond acceptors (Lipinski definition) is 9. The van der Waals surface area contributed by atoms with Crippen molar-refractivity contribution in [1.82, 2.24) is 29.9 Å². The van der Waals surface area contributed by atoms with Gasteiger partial charge in [0.2, 0.25) is 11.7 Å². The third-order valence-corrected chi connectivity index (χ3v) is 6.62. The number of amides is 4. The first-order valence-corrected chi connectivity index (χ1v) is 12.5. The number of fused-ring (bicyclic) bond motifs is 1. The SMILES string of the molecule is COC(=O)NCC1CN(c2ccc(N3CCN(C(=O)CNC(=O)c4cn5cccnc5n4)CC3)c(F)c2)C(=O)O1. The number of methoxy groups -OCH3 is 1. The Kier molecular flexibility index (Phi) is 7.61. The van der Waals surface area contributed by atoms with Crippen LogP contribution in [-0.2, 0) is 14.3 Å². The van der Waals surface area contributed by atoms with E-state index in [1.807, 2.05) is 4.90 Å². The van der Waals surface area contributed by atoms with Gasteiger partial charge in [-0.2, -0.15) is 0 Å². The van der Waals surface area contributed by atoms with E-state index in [0.717, 1.165) is 0 Å². The van der Waals surface area contributed by atoms with E-state index < -0.39 is 30.0 Å². The molecule has 15 heteroatoms. The number of ether oxygens (including phenoxy) is 2. The molecule has 0 bridgehead atoms. The van der Waals surface area contributed by atoms with Crippen LogP contribution in [0.1, 0.15) is 10.5 Å². The minimum atomic E-state index is -0.641. The molecular formula is C25H27FN8O6. The smallest absolute Gasteiger partial charge is 0.414 e. The van der Waals surface area contributed by atoms with Crippen LogP contribution in [-0.4, -0.2) is 102 Å². The van der Waals surface area contributed by atoms with Gasteiger partial charge in [0, 0.05) is 44.8 Å². The summed E-state index contributed by atoms with van der Waals surface area (Å²) in [5.74, 6) is -0.870. The number of piperazine rings is 1. The highest BCUT2D eigenvalue weighted by molar-refractivity contribution is 5.95. The van der Waals surface area contributed by atoms with Crippen LogP contribution in [0.3, 0.4) is 0 Å². The van der Waals surface area contributed by atoms with Gasteiger partial charge < -0.3 is 29.9 Å². The second-order valence-electron chi connectivity index (χ2n) is 9.13. The number of alkyl carbamates (subject to hydrolysis) is 1. The van der Waals surface area contributed by atoms with Crippen molar-refractivity contribution in [2.75, 3.05) is 62.7 Å². The highest BCUT2D eigenvalue weighted by atomic mass is 19.1. The first-order valence-electron chi connectivity index (χ1n) is 12.5. The van der Waals surface area contributed by atoms with Gasteiger partial charge in [-0.1, -0.05) is 0 Å². The van der Waals surface area contributed by atoms with E-state index in [4.69, 9.17) is 4.74 Å². The molecule has 2 fully saturated rings. The summed E-state index contributed by atoms with van der Waals surface area (Å²) in [6.45, 7) is 1.50. The van der Waals surface area contributed by atoms with Gasteiger partial charge in [0.25, 0.3) is 5.91 Å². The van der Waals surface area contributed by atoms with Gasteiger partial charge in [-0.25, -0.2) is 23.9 Å². The Bertz CT molecular complexity index is 1410. The number of nitrogens with zero attached hydrogens (tertiary/aromatic N) is 6. The van der Waals surface area contributed by atoms with Crippen molar-refractivity contribution in [3.63, 3.8) is 0 Å². The van der Waals surface area contributed by atoms with E-state index in [2.05, 4.69) is 25.3 Å². The lowest BCUT2D eigenvalue weighted by molar-refractivity contribution is -0.130. The Labute approximate surface area is 227 Å². The number of nitrogens with one attached hydrogen (secondary N) is 2. The Morgan fingerprint density at radius 2 is 1.98 bits per heavy atom. The zero-order valence-electron chi connectivity index (χ0n) is 21.6. The van der Waals surface area contributed by atoms with Gasteiger partial charge in [0.05, 0.1) is 38.1 Å². The van der Waals surface area contributed by atoms with E-state index in [1.54, 1.807) is 39.9 Å². The molecule has 2 aliphatic rings. The maximum atomic E-state index is 15.1. The molecule has 2 N–H and O–H groups in total. The number of anilines is 2.